The summed E-state index contributed by atoms with van der Waals surface area (Å²) in [4.78, 5) is 15.2. The smallest absolute Gasteiger partial charge is 0.313 e. The number of thioether (sulfide) groups is 1. The predicted octanol–water partition coefficient (Wildman–Crippen LogP) is 2.80. The van der Waals surface area contributed by atoms with Gasteiger partial charge < -0.3 is 14.4 Å². The van der Waals surface area contributed by atoms with E-state index in [1.54, 1.807) is 7.11 Å². The molecule has 0 spiro atoms. The van der Waals surface area contributed by atoms with E-state index in [4.69, 9.17) is 9.84 Å². The largest absolute Gasteiger partial charge is 0.497 e. The van der Waals surface area contributed by atoms with Gasteiger partial charge in [0.05, 0.1) is 23.9 Å². The SMILES string of the molecule is C=CCCn1c(SCC(=O)O)nc2cc(OC)ccc21. The molecule has 0 amide bonds. The van der Waals surface area contributed by atoms with Gasteiger partial charge >= 0.3 is 5.97 Å². The first-order chi connectivity index (χ1) is 9.65. The second kappa shape index (κ2) is 6.47. The number of aromatic nitrogens is 2. The van der Waals surface area contributed by atoms with Gasteiger partial charge in [0.25, 0.3) is 0 Å². The Morgan fingerprint density at radius 1 is 1.60 bits per heavy atom. The number of carboxylic acid groups (broad SMARTS) is 1. The first kappa shape index (κ1) is 14.5. The van der Waals surface area contributed by atoms with E-state index >= 15 is 0 Å². The maximum atomic E-state index is 10.7. The highest BCUT2D eigenvalue weighted by atomic mass is 32.2. The number of allylic oxidation sites excluding steroid dienone is 1. The van der Waals surface area contributed by atoms with Gasteiger partial charge in [-0.3, -0.25) is 4.79 Å². The summed E-state index contributed by atoms with van der Waals surface area (Å²) in [7, 11) is 1.61. The number of nitrogens with zero attached hydrogens (tertiary/aromatic N) is 2. The molecule has 0 radical (unpaired) electrons. The lowest BCUT2D eigenvalue weighted by atomic mass is 10.3. The summed E-state index contributed by atoms with van der Waals surface area (Å²) >= 11 is 1.22. The molecule has 20 heavy (non-hydrogen) atoms. The molecule has 0 atom stereocenters. The van der Waals surface area contributed by atoms with Crippen LogP contribution < -0.4 is 4.74 Å². The summed E-state index contributed by atoms with van der Waals surface area (Å²) in [6.07, 6.45) is 2.64. The third-order valence-corrected chi connectivity index (χ3v) is 3.76. The molecule has 2 rings (SSSR count). The third-order valence-electron chi connectivity index (χ3n) is 2.80. The molecule has 0 aliphatic carbocycles. The minimum atomic E-state index is -0.852. The van der Waals surface area contributed by atoms with Crippen molar-refractivity contribution >= 4 is 28.8 Å². The number of ether oxygens (including phenoxy) is 1. The van der Waals surface area contributed by atoms with E-state index in [1.807, 2.05) is 28.8 Å². The molecular formula is C14H16N2O3S. The van der Waals surface area contributed by atoms with Crippen LogP contribution in [0.4, 0.5) is 0 Å². The summed E-state index contributed by atoms with van der Waals surface area (Å²) in [6, 6.07) is 5.67. The standard InChI is InChI=1S/C14H16N2O3S/c1-3-4-7-16-12-6-5-10(19-2)8-11(12)15-14(16)20-9-13(17)18/h3,5-6,8H,1,4,7,9H2,2H3,(H,17,18). The molecule has 0 saturated carbocycles. The number of rotatable bonds is 7. The van der Waals surface area contributed by atoms with Crippen molar-refractivity contribution in [3.05, 3.63) is 30.9 Å². The molecule has 2 aromatic rings. The zero-order valence-electron chi connectivity index (χ0n) is 11.2. The number of hydrogen-bond donors (Lipinski definition) is 1. The van der Waals surface area contributed by atoms with E-state index < -0.39 is 5.97 Å². The molecular weight excluding hydrogens is 276 g/mol. The molecule has 0 saturated heterocycles. The number of benzene rings is 1. The van der Waals surface area contributed by atoms with Gasteiger partial charge in [-0.2, -0.15) is 0 Å². The van der Waals surface area contributed by atoms with Crippen LogP contribution in [0.2, 0.25) is 0 Å². The van der Waals surface area contributed by atoms with Crippen LogP contribution in [0, 0.1) is 0 Å². The summed E-state index contributed by atoms with van der Waals surface area (Å²) in [6.45, 7) is 4.45. The van der Waals surface area contributed by atoms with E-state index in [-0.39, 0.29) is 5.75 Å². The van der Waals surface area contributed by atoms with Crippen molar-refractivity contribution in [3.63, 3.8) is 0 Å². The van der Waals surface area contributed by atoms with E-state index in [0.29, 0.717) is 5.16 Å². The second-order valence-electron chi connectivity index (χ2n) is 4.16. The van der Waals surface area contributed by atoms with Crippen molar-refractivity contribution in [1.29, 1.82) is 0 Å². The van der Waals surface area contributed by atoms with Gasteiger partial charge in [-0.25, -0.2) is 4.98 Å². The molecule has 106 valence electrons. The Balaban J connectivity index is 2.41. The molecule has 0 bridgehead atoms. The van der Waals surface area contributed by atoms with Crippen molar-refractivity contribution in [1.82, 2.24) is 9.55 Å². The summed E-state index contributed by atoms with van der Waals surface area (Å²) in [5.41, 5.74) is 1.78. The average molecular weight is 292 g/mol. The molecule has 1 aromatic heterocycles. The Hall–Kier alpha value is -1.95. The highest BCUT2D eigenvalue weighted by molar-refractivity contribution is 7.99. The summed E-state index contributed by atoms with van der Waals surface area (Å²) in [5, 5.41) is 9.51. The van der Waals surface area contributed by atoms with Crippen molar-refractivity contribution in [2.45, 2.75) is 18.1 Å². The molecule has 0 aliphatic rings. The minimum Gasteiger partial charge on any atom is -0.497 e. The molecule has 6 heteroatoms. The van der Waals surface area contributed by atoms with E-state index in [0.717, 1.165) is 29.7 Å². The zero-order chi connectivity index (χ0) is 14.5. The van der Waals surface area contributed by atoms with Crippen molar-refractivity contribution < 1.29 is 14.6 Å². The van der Waals surface area contributed by atoms with Crippen molar-refractivity contribution in [3.8, 4) is 5.75 Å². The number of hydrogen-bond acceptors (Lipinski definition) is 4. The van der Waals surface area contributed by atoms with Gasteiger partial charge in [-0.05, 0) is 18.6 Å². The fourth-order valence-electron chi connectivity index (χ4n) is 1.89. The first-order valence-corrected chi connectivity index (χ1v) is 7.14. The van der Waals surface area contributed by atoms with Crippen LogP contribution in [-0.2, 0) is 11.3 Å². The first-order valence-electron chi connectivity index (χ1n) is 6.15. The van der Waals surface area contributed by atoms with Gasteiger partial charge in [-0.15, -0.1) is 6.58 Å². The van der Waals surface area contributed by atoms with Crippen LogP contribution in [0.5, 0.6) is 5.75 Å². The molecule has 0 unspecified atom stereocenters. The molecule has 1 aromatic carbocycles. The summed E-state index contributed by atoms with van der Waals surface area (Å²) < 4.78 is 7.20. The fraction of sp³-hybridized carbons (Fsp3) is 0.286. The number of aryl methyl sites for hydroxylation is 1. The third kappa shape index (κ3) is 3.14. The Labute approximate surface area is 121 Å². The number of carboxylic acids is 1. The second-order valence-corrected chi connectivity index (χ2v) is 5.10. The number of aliphatic carboxylic acids is 1. The Morgan fingerprint density at radius 3 is 3.05 bits per heavy atom. The van der Waals surface area contributed by atoms with Crippen molar-refractivity contribution in [2.24, 2.45) is 0 Å². The Bertz CT molecular complexity index is 637. The predicted molar refractivity (Wildman–Crippen MR) is 79.5 cm³/mol. The normalized spacial score (nSPS) is 10.7. The number of fused-ring (bicyclic) bond motifs is 1. The quantitative estimate of drug-likeness (QED) is 0.628. The van der Waals surface area contributed by atoms with Crippen LogP contribution in [0.15, 0.2) is 36.0 Å². The monoisotopic (exact) mass is 292 g/mol. The van der Waals surface area contributed by atoms with Gasteiger partial charge in [0, 0.05) is 12.6 Å². The topological polar surface area (TPSA) is 64.4 Å². The number of carbonyl (C=O) groups is 1. The average Bonchev–Trinajstić information content (AvgIpc) is 2.79. The molecule has 5 nitrogen and oxygen atoms in total. The number of methoxy groups -OCH3 is 1. The maximum absolute atomic E-state index is 10.7. The molecule has 0 fully saturated rings. The van der Waals surface area contributed by atoms with Crippen LogP contribution in [0.1, 0.15) is 6.42 Å². The van der Waals surface area contributed by atoms with E-state index in [9.17, 15) is 4.79 Å². The van der Waals surface area contributed by atoms with Crippen LogP contribution >= 0.6 is 11.8 Å². The highest BCUT2D eigenvalue weighted by Crippen LogP contribution is 2.27. The van der Waals surface area contributed by atoms with Gasteiger partial charge in [0.15, 0.2) is 5.16 Å². The lowest BCUT2D eigenvalue weighted by Crippen LogP contribution is -2.03. The Kier molecular flexibility index (Phi) is 4.68. The number of imidazole rings is 1. The van der Waals surface area contributed by atoms with Gasteiger partial charge in [-0.1, -0.05) is 17.8 Å². The summed E-state index contributed by atoms with van der Waals surface area (Å²) in [5.74, 6) is -0.121. The molecule has 1 heterocycles. The molecule has 0 aliphatic heterocycles. The molecule has 1 N–H and O–H groups in total. The Morgan fingerprint density at radius 2 is 2.40 bits per heavy atom. The lowest BCUT2D eigenvalue weighted by Gasteiger charge is -2.06. The van der Waals surface area contributed by atoms with Crippen LogP contribution in [0.3, 0.4) is 0 Å². The van der Waals surface area contributed by atoms with Crippen LogP contribution in [-0.4, -0.2) is 33.5 Å². The lowest BCUT2D eigenvalue weighted by molar-refractivity contribution is -0.133. The maximum Gasteiger partial charge on any atom is 0.313 e. The minimum absolute atomic E-state index is 0.00541. The van der Waals surface area contributed by atoms with E-state index in [1.165, 1.54) is 11.8 Å². The van der Waals surface area contributed by atoms with E-state index in [2.05, 4.69) is 11.6 Å². The van der Waals surface area contributed by atoms with Gasteiger partial charge in [0.2, 0.25) is 0 Å². The highest BCUT2D eigenvalue weighted by Gasteiger charge is 2.12. The van der Waals surface area contributed by atoms with Crippen molar-refractivity contribution in [2.75, 3.05) is 12.9 Å². The van der Waals surface area contributed by atoms with Gasteiger partial charge in [0.1, 0.15) is 5.75 Å². The van der Waals surface area contributed by atoms with Crippen LogP contribution in [0.25, 0.3) is 11.0 Å². The fourth-order valence-corrected chi connectivity index (χ4v) is 2.65. The zero-order valence-corrected chi connectivity index (χ0v) is 12.0.